The molecule has 0 nitrogen and oxygen atoms in total. The van der Waals surface area contributed by atoms with E-state index in [2.05, 4.69) is 0 Å². The van der Waals surface area contributed by atoms with Gasteiger partial charge in [0.1, 0.15) is 0 Å². The second-order valence-electron chi connectivity index (χ2n) is 14.4. The Morgan fingerprint density at radius 3 is 0.923 bits per heavy atom. The third-order valence-electron chi connectivity index (χ3n) is 11.1. The first kappa shape index (κ1) is 18.1. The second kappa shape index (κ2) is 15.9. The van der Waals surface area contributed by atoms with Crippen LogP contribution in [-0.2, 0) is 29.0 Å². The summed E-state index contributed by atoms with van der Waals surface area (Å²) in [5.41, 5.74) is -6.08. The molecule has 0 fully saturated rings. The SMILES string of the molecule is [2H]c1c([2H])c([2H])c(P(=S)(c2c([2H])c([2H])c([2H])c([2H])c2[2H])c2c([2H])c([2H])c(-c3c([2H])c([2H])c4c(c3[2H])C3(c5ccccc5-c5ccccc53)c3c([2H])c(-c5c([2H])c([2H])c(P(=S)(c6c([2H])c([2H])c([2H])c([2H])c6[2H])c6c([2H])c([2H])c([2H])c([2H])c6[2H])c([2H])c5[2H])c([2H])c([2H])c3-4)c([2H])c2[2H])c([2H])c1[2H]. The van der Waals surface area contributed by atoms with Gasteiger partial charge in [-0.3, -0.25) is 0 Å². The van der Waals surface area contributed by atoms with E-state index in [4.69, 9.17) is 51.0 Å². The van der Waals surface area contributed by atoms with E-state index in [0.717, 1.165) is 0 Å². The molecular formula is C61H42P2S2. The molecule has 0 aromatic heterocycles. The van der Waals surface area contributed by atoms with E-state index in [1.165, 1.54) is 0 Å². The average molecular weight is 935 g/mol. The van der Waals surface area contributed by atoms with Crippen molar-refractivity contribution in [2.24, 2.45) is 0 Å². The Morgan fingerprint density at radius 1 is 0.292 bits per heavy atom. The minimum absolute atomic E-state index is 0.194. The van der Waals surface area contributed by atoms with Crippen molar-refractivity contribution in [3.8, 4) is 44.5 Å². The Kier molecular flexibility index (Phi) is 4.41. The molecule has 12 rings (SSSR count). The fourth-order valence-corrected chi connectivity index (χ4v) is 13.9. The molecule has 2 aliphatic carbocycles. The first-order chi connectivity index (χ1) is 46.1. The summed E-state index contributed by atoms with van der Waals surface area (Å²) in [4.78, 5) is 0. The van der Waals surface area contributed by atoms with E-state index < -0.39 is 288 Å². The number of fused-ring (bicyclic) bond motifs is 10. The fraction of sp³-hybridized carbons (Fsp3) is 0.0164. The first-order valence-corrected chi connectivity index (χ1v) is 25.0. The molecule has 0 saturated heterocycles. The summed E-state index contributed by atoms with van der Waals surface area (Å²) >= 11 is 12.5. The maximum atomic E-state index is 10.5. The number of rotatable bonds is 8. The zero-order valence-electron chi connectivity index (χ0n) is 66.8. The smallest absolute Gasteiger partial charge is 0.0725 e. The van der Waals surface area contributed by atoms with E-state index in [-0.39, 0.29) is 22.3 Å². The van der Waals surface area contributed by atoms with Crippen LogP contribution in [0, 0.1) is 0 Å². The van der Waals surface area contributed by atoms with Crippen LogP contribution >= 0.6 is 12.1 Å². The molecule has 10 aromatic rings. The molecule has 308 valence electrons. The quantitative estimate of drug-likeness (QED) is 0.139. The van der Waals surface area contributed by atoms with Gasteiger partial charge in [-0.25, -0.2) is 0 Å². The Labute approximate surface area is 439 Å². The molecule has 0 heterocycles. The molecule has 65 heavy (non-hydrogen) atoms. The largest absolute Gasteiger partial charge is 0.0826 e. The standard InChI is InChI=1S/C61H42P2S2/c64-62(47-17-5-1-6-18-47,48-19-7-2-8-20-48)51-35-29-43(30-36-51)45-33-39-55-56-40-34-46(42-60(56)61(59(55)41-45)57-27-15-13-25-53(57)54-26-14-16-28-58(54)61)44-31-37-52(38-32-44)63(65,49-21-9-3-10-22-49)50-23-11-4-12-24-50/h1-42H/i1D,2D,3D,4D,5D,6D,7D,8D,9D,10D,11D,12D,17D,18D,19D,20D,21D,22D,23D,24D,29D,30D,31D,32D,33D,34D,35D,36D,37D,38D,39D,40D,41D,42D. The van der Waals surface area contributed by atoms with Crippen molar-refractivity contribution in [2.75, 3.05) is 0 Å². The number of benzene rings is 10. The van der Waals surface area contributed by atoms with Gasteiger partial charge in [0.25, 0.3) is 0 Å². The molecule has 4 heteroatoms. The molecule has 0 aliphatic heterocycles. The van der Waals surface area contributed by atoms with E-state index in [1.807, 2.05) is 0 Å². The second-order valence-corrected chi connectivity index (χ2v) is 22.8. The van der Waals surface area contributed by atoms with Gasteiger partial charge in [0.05, 0.1) is 52.0 Å². The third-order valence-corrected chi connectivity index (χ3v) is 19.5. The molecule has 0 atom stereocenters. The van der Waals surface area contributed by atoms with Gasteiger partial charge in [0.2, 0.25) is 0 Å². The summed E-state index contributed by atoms with van der Waals surface area (Å²) < 4.78 is 315. The van der Waals surface area contributed by atoms with Crippen LogP contribution in [0.3, 0.4) is 0 Å². The van der Waals surface area contributed by atoms with Crippen LogP contribution in [0.15, 0.2) is 254 Å². The zero-order valence-corrected chi connectivity index (χ0v) is 36.3. The molecule has 0 N–H and O–H groups in total. The summed E-state index contributed by atoms with van der Waals surface area (Å²) in [6.07, 6.45) is 0. The number of hydrogen-bond acceptors (Lipinski definition) is 2. The lowest BCUT2D eigenvalue weighted by Gasteiger charge is -2.31. The maximum absolute atomic E-state index is 10.5. The predicted octanol–water partition coefficient (Wildman–Crippen LogP) is 12.9. The fourth-order valence-electron chi connectivity index (χ4n) is 8.35. The minimum atomic E-state index is -5.11. The Morgan fingerprint density at radius 2 is 0.585 bits per heavy atom. The predicted molar refractivity (Wildman–Crippen MR) is 286 cm³/mol. The Hall–Kier alpha value is -6.50. The third kappa shape index (κ3) is 6.16. The molecule has 0 amide bonds. The minimum Gasteiger partial charge on any atom is -0.0826 e. The van der Waals surface area contributed by atoms with E-state index in [1.54, 1.807) is 48.5 Å². The highest BCUT2D eigenvalue weighted by molar-refractivity contribution is 8.26. The average Bonchev–Trinajstić information content (AvgIpc) is 1.51. The van der Waals surface area contributed by atoms with Crippen LogP contribution in [0.25, 0.3) is 44.5 Å². The van der Waals surface area contributed by atoms with Gasteiger partial charge in [-0.15, -0.1) is 0 Å². The van der Waals surface area contributed by atoms with E-state index in [9.17, 15) is 19.2 Å². The van der Waals surface area contributed by atoms with E-state index >= 15 is 0 Å². The molecule has 2 aliphatic rings. The lowest BCUT2D eigenvalue weighted by molar-refractivity contribution is 0.794. The summed E-state index contributed by atoms with van der Waals surface area (Å²) in [5.74, 6) is 0. The Balaban J connectivity index is 1.20. The van der Waals surface area contributed by atoms with Crippen LogP contribution in [0.2, 0.25) is 0 Å². The molecule has 10 aromatic carbocycles. The summed E-state index contributed by atoms with van der Waals surface area (Å²) in [5, 5.41) is -5.58. The normalized spacial score (nSPS) is 20.5. The van der Waals surface area contributed by atoms with Gasteiger partial charge in [-0.05, 0) is 111 Å². The summed E-state index contributed by atoms with van der Waals surface area (Å²) in [6.45, 7) is 0. The van der Waals surface area contributed by atoms with Gasteiger partial charge in [-0.1, -0.05) is 266 Å². The highest BCUT2D eigenvalue weighted by Crippen LogP contribution is 2.63. The highest BCUT2D eigenvalue weighted by Gasteiger charge is 2.51. The zero-order chi connectivity index (χ0) is 73.2. The summed E-state index contributed by atoms with van der Waals surface area (Å²) in [6, 6.07) is -33.0. The van der Waals surface area contributed by atoms with Crippen LogP contribution in [0.4, 0.5) is 0 Å². The molecule has 0 unspecified atom stereocenters. The van der Waals surface area contributed by atoms with Crippen molar-refractivity contribution in [3.63, 3.8) is 0 Å². The van der Waals surface area contributed by atoms with Gasteiger partial charge >= 0.3 is 0 Å². The van der Waals surface area contributed by atoms with Crippen molar-refractivity contribution in [2.45, 2.75) is 5.41 Å². The maximum Gasteiger partial charge on any atom is 0.0725 e. The lowest BCUT2D eigenvalue weighted by atomic mass is 9.70. The van der Waals surface area contributed by atoms with Crippen LogP contribution in [-0.4, -0.2) is 0 Å². The van der Waals surface area contributed by atoms with Crippen molar-refractivity contribution < 1.29 is 46.6 Å². The van der Waals surface area contributed by atoms with Crippen molar-refractivity contribution in [1.29, 1.82) is 0 Å². The van der Waals surface area contributed by atoms with E-state index in [0.29, 0.717) is 11.1 Å². The topological polar surface area (TPSA) is 0 Å². The molecule has 0 radical (unpaired) electrons. The first-order valence-electron chi connectivity index (χ1n) is 36.4. The van der Waals surface area contributed by atoms with Crippen molar-refractivity contribution in [3.05, 3.63) is 276 Å². The molecular weight excluding hydrogens is 859 g/mol. The molecule has 0 bridgehead atoms. The monoisotopic (exact) mass is 934 g/mol. The van der Waals surface area contributed by atoms with Crippen LogP contribution in [0.1, 0.15) is 68.9 Å². The van der Waals surface area contributed by atoms with Gasteiger partial charge in [0, 0.05) is 12.1 Å². The number of hydrogen-bond donors (Lipinski definition) is 0. The lowest BCUT2D eigenvalue weighted by Crippen LogP contribution is -2.26. The summed E-state index contributed by atoms with van der Waals surface area (Å²) in [7, 11) is 0. The Bertz CT molecular complexity index is 4930. The van der Waals surface area contributed by atoms with Gasteiger partial charge < -0.3 is 0 Å². The van der Waals surface area contributed by atoms with Gasteiger partial charge in [0.15, 0.2) is 0 Å². The van der Waals surface area contributed by atoms with Crippen molar-refractivity contribution >= 4 is 67.5 Å². The van der Waals surface area contributed by atoms with Crippen LogP contribution < -0.4 is 31.8 Å². The van der Waals surface area contributed by atoms with Crippen LogP contribution in [0.5, 0.6) is 0 Å². The molecule has 1 spiro atoms. The van der Waals surface area contributed by atoms with Crippen molar-refractivity contribution in [1.82, 2.24) is 0 Å². The highest BCUT2D eigenvalue weighted by atomic mass is 32.4. The van der Waals surface area contributed by atoms with Gasteiger partial charge in [-0.2, -0.15) is 0 Å². The molecule has 0 saturated carbocycles.